The minimum absolute atomic E-state index is 0.0531. The Hall–Kier alpha value is -0.860. The van der Waals surface area contributed by atoms with Gasteiger partial charge in [0.15, 0.2) is 0 Å². The first kappa shape index (κ1) is 13.6. The Morgan fingerprint density at radius 3 is 2.44 bits per heavy atom. The van der Waals surface area contributed by atoms with Crippen molar-refractivity contribution in [2.24, 2.45) is 0 Å². The van der Waals surface area contributed by atoms with Crippen LogP contribution in [0.4, 0.5) is 0 Å². The molecule has 1 aromatic rings. The number of piperidine rings is 1. The van der Waals surface area contributed by atoms with Crippen LogP contribution in [0.15, 0.2) is 24.3 Å². The van der Waals surface area contributed by atoms with Crippen molar-refractivity contribution < 1.29 is 5.11 Å². The standard InChI is InChI=1S/C16H25NO/c1-13(2)14-5-7-15(8-6-14)16(12-18)9-4-10-17(3)11-16/h5-8,13,18H,4,9-12H2,1-3H3. The largest absolute Gasteiger partial charge is 0.395 e. The van der Waals surface area contributed by atoms with Crippen LogP contribution in [-0.4, -0.2) is 36.8 Å². The molecular weight excluding hydrogens is 222 g/mol. The van der Waals surface area contributed by atoms with Crippen molar-refractivity contribution in [3.05, 3.63) is 35.4 Å². The number of hydrogen-bond acceptors (Lipinski definition) is 2. The van der Waals surface area contributed by atoms with Gasteiger partial charge in [-0.2, -0.15) is 0 Å². The van der Waals surface area contributed by atoms with Crippen LogP contribution in [0, 0.1) is 0 Å². The maximum absolute atomic E-state index is 9.86. The number of aliphatic hydroxyl groups excluding tert-OH is 1. The fraction of sp³-hybridized carbons (Fsp3) is 0.625. The zero-order valence-electron chi connectivity index (χ0n) is 11.8. The molecule has 1 heterocycles. The summed E-state index contributed by atoms with van der Waals surface area (Å²) in [5.74, 6) is 0.568. The summed E-state index contributed by atoms with van der Waals surface area (Å²) >= 11 is 0. The SMILES string of the molecule is CC(C)c1ccc(C2(CO)CCCN(C)C2)cc1. The zero-order valence-corrected chi connectivity index (χ0v) is 11.8. The fourth-order valence-corrected chi connectivity index (χ4v) is 3.04. The summed E-state index contributed by atoms with van der Waals surface area (Å²) in [6, 6.07) is 8.85. The molecule has 100 valence electrons. The van der Waals surface area contributed by atoms with E-state index in [9.17, 15) is 5.11 Å². The van der Waals surface area contributed by atoms with E-state index in [2.05, 4.69) is 50.1 Å². The molecular formula is C16H25NO. The van der Waals surface area contributed by atoms with Gasteiger partial charge in [0.2, 0.25) is 0 Å². The predicted octanol–water partition coefficient (Wildman–Crippen LogP) is 2.77. The minimum Gasteiger partial charge on any atom is -0.395 e. The quantitative estimate of drug-likeness (QED) is 0.888. The molecule has 1 unspecified atom stereocenters. The van der Waals surface area contributed by atoms with Crippen molar-refractivity contribution in [3.63, 3.8) is 0 Å². The highest BCUT2D eigenvalue weighted by atomic mass is 16.3. The molecule has 18 heavy (non-hydrogen) atoms. The van der Waals surface area contributed by atoms with Gasteiger partial charge in [0.25, 0.3) is 0 Å². The number of nitrogens with zero attached hydrogens (tertiary/aromatic N) is 1. The maximum Gasteiger partial charge on any atom is 0.0540 e. The van der Waals surface area contributed by atoms with Gasteiger partial charge in [-0.1, -0.05) is 38.1 Å². The average molecular weight is 247 g/mol. The third-order valence-electron chi connectivity index (χ3n) is 4.26. The molecule has 1 saturated heterocycles. The molecule has 0 amide bonds. The van der Waals surface area contributed by atoms with E-state index in [-0.39, 0.29) is 12.0 Å². The van der Waals surface area contributed by atoms with Crippen LogP contribution in [-0.2, 0) is 5.41 Å². The van der Waals surface area contributed by atoms with E-state index in [1.807, 2.05) is 0 Å². The van der Waals surface area contributed by atoms with Gasteiger partial charge in [0.05, 0.1) is 6.61 Å². The number of rotatable bonds is 3. The van der Waals surface area contributed by atoms with Crippen molar-refractivity contribution in [1.82, 2.24) is 4.90 Å². The summed E-state index contributed by atoms with van der Waals surface area (Å²) < 4.78 is 0. The summed E-state index contributed by atoms with van der Waals surface area (Å²) in [4.78, 5) is 2.33. The summed E-state index contributed by atoms with van der Waals surface area (Å²) in [7, 11) is 2.14. The second kappa shape index (κ2) is 5.41. The minimum atomic E-state index is -0.0531. The molecule has 0 aromatic heterocycles. The van der Waals surface area contributed by atoms with E-state index in [4.69, 9.17) is 0 Å². The summed E-state index contributed by atoms with van der Waals surface area (Å²) in [5.41, 5.74) is 2.61. The molecule has 1 fully saturated rings. The van der Waals surface area contributed by atoms with E-state index in [1.54, 1.807) is 0 Å². The van der Waals surface area contributed by atoms with Gasteiger partial charge in [-0.25, -0.2) is 0 Å². The molecule has 0 radical (unpaired) electrons. The molecule has 1 atom stereocenters. The van der Waals surface area contributed by atoms with Gasteiger partial charge in [-0.05, 0) is 43.5 Å². The van der Waals surface area contributed by atoms with E-state index >= 15 is 0 Å². The lowest BCUT2D eigenvalue weighted by atomic mass is 9.74. The molecule has 1 aliphatic rings. The van der Waals surface area contributed by atoms with Crippen LogP contribution in [0.3, 0.4) is 0 Å². The monoisotopic (exact) mass is 247 g/mol. The van der Waals surface area contributed by atoms with Gasteiger partial charge in [0, 0.05) is 12.0 Å². The average Bonchev–Trinajstić information content (AvgIpc) is 2.38. The third-order valence-corrected chi connectivity index (χ3v) is 4.26. The molecule has 2 rings (SSSR count). The summed E-state index contributed by atoms with van der Waals surface area (Å²) in [6.45, 7) is 6.78. The Kier molecular flexibility index (Phi) is 4.08. The Bertz CT molecular complexity index is 385. The number of aliphatic hydroxyl groups is 1. The van der Waals surface area contributed by atoms with Crippen molar-refractivity contribution in [1.29, 1.82) is 0 Å². The first-order chi connectivity index (χ1) is 8.57. The van der Waals surface area contributed by atoms with Crippen LogP contribution in [0.25, 0.3) is 0 Å². The Balaban J connectivity index is 2.26. The third kappa shape index (κ3) is 2.60. The molecule has 0 spiro atoms. The second-order valence-electron chi connectivity index (χ2n) is 6.06. The first-order valence-electron chi connectivity index (χ1n) is 6.97. The molecule has 1 N–H and O–H groups in total. The zero-order chi connectivity index (χ0) is 13.2. The van der Waals surface area contributed by atoms with E-state index in [0.717, 1.165) is 19.5 Å². The highest BCUT2D eigenvalue weighted by molar-refractivity contribution is 5.31. The number of likely N-dealkylation sites (N-methyl/N-ethyl adjacent to an activating group) is 1. The topological polar surface area (TPSA) is 23.5 Å². The van der Waals surface area contributed by atoms with Gasteiger partial charge in [-0.3, -0.25) is 0 Å². The number of hydrogen-bond donors (Lipinski definition) is 1. The van der Waals surface area contributed by atoms with Crippen LogP contribution >= 0.6 is 0 Å². The van der Waals surface area contributed by atoms with E-state index in [0.29, 0.717) is 5.92 Å². The van der Waals surface area contributed by atoms with Crippen molar-refractivity contribution in [3.8, 4) is 0 Å². The Morgan fingerprint density at radius 2 is 1.94 bits per heavy atom. The smallest absolute Gasteiger partial charge is 0.0540 e. The molecule has 1 aliphatic heterocycles. The van der Waals surface area contributed by atoms with Crippen molar-refractivity contribution in [2.75, 3.05) is 26.7 Å². The second-order valence-corrected chi connectivity index (χ2v) is 6.06. The van der Waals surface area contributed by atoms with Crippen molar-refractivity contribution >= 4 is 0 Å². The fourth-order valence-electron chi connectivity index (χ4n) is 3.04. The molecule has 2 nitrogen and oxygen atoms in total. The molecule has 2 heteroatoms. The molecule has 1 aromatic carbocycles. The van der Waals surface area contributed by atoms with Gasteiger partial charge < -0.3 is 10.0 Å². The van der Waals surface area contributed by atoms with Gasteiger partial charge in [-0.15, -0.1) is 0 Å². The lowest BCUT2D eigenvalue weighted by Gasteiger charge is -2.40. The van der Waals surface area contributed by atoms with Crippen LogP contribution in [0.5, 0.6) is 0 Å². The van der Waals surface area contributed by atoms with Crippen molar-refractivity contribution in [2.45, 2.75) is 38.0 Å². The highest BCUT2D eigenvalue weighted by Crippen LogP contribution is 2.33. The predicted molar refractivity (Wildman–Crippen MR) is 76.0 cm³/mol. The normalized spacial score (nSPS) is 25.6. The van der Waals surface area contributed by atoms with Gasteiger partial charge in [0.1, 0.15) is 0 Å². The highest BCUT2D eigenvalue weighted by Gasteiger charge is 2.35. The first-order valence-corrected chi connectivity index (χ1v) is 6.97. The van der Waals surface area contributed by atoms with E-state index < -0.39 is 0 Å². The lowest BCUT2D eigenvalue weighted by molar-refractivity contribution is 0.105. The summed E-state index contributed by atoms with van der Waals surface area (Å²) in [6.07, 6.45) is 2.26. The lowest BCUT2D eigenvalue weighted by Crippen LogP contribution is -2.46. The van der Waals surface area contributed by atoms with E-state index in [1.165, 1.54) is 17.5 Å². The molecule has 0 saturated carbocycles. The summed E-state index contributed by atoms with van der Waals surface area (Å²) in [5, 5.41) is 9.86. The maximum atomic E-state index is 9.86. The van der Waals surface area contributed by atoms with Crippen LogP contribution in [0.1, 0.15) is 43.7 Å². The van der Waals surface area contributed by atoms with Crippen LogP contribution in [0.2, 0.25) is 0 Å². The van der Waals surface area contributed by atoms with Crippen LogP contribution < -0.4 is 0 Å². The Labute approximate surface area is 111 Å². The molecule has 0 bridgehead atoms. The Morgan fingerprint density at radius 1 is 1.28 bits per heavy atom. The number of likely N-dealkylation sites (tertiary alicyclic amines) is 1. The number of benzene rings is 1. The molecule has 0 aliphatic carbocycles. The van der Waals surface area contributed by atoms with Gasteiger partial charge >= 0.3 is 0 Å².